The first-order valence-corrected chi connectivity index (χ1v) is 5.93. The quantitative estimate of drug-likeness (QED) is 0.773. The molecule has 0 bridgehead atoms. The molecular formula is C13H18N2O2. The van der Waals surface area contributed by atoms with E-state index in [9.17, 15) is 4.79 Å². The maximum absolute atomic E-state index is 11.7. The first-order valence-electron chi connectivity index (χ1n) is 5.93. The Morgan fingerprint density at radius 3 is 2.76 bits per heavy atom. The molecule has 17 heavy (non-hydrogen) atoms. The average molecular weight is 234 g/mol. The number of amides is 1. The second-order valence-electron chi connectivity index (χ2n) is 4.65. The van der Waals surface area contributed by atoms with Crippen molar-refractivity contribution in [3.63, 3.8) is 0 Å². The van der Waals surface area contributed by atoms with Crippen LogP contribution in [0.5, 0.6) is 5.75 Å². The van der Waals surface area contributed by atoms with Crippen LogP contribution in [-0.2, 0) is 4.79 Å². The lowest BCUT2D eigenvalue weighted by molar-refractivity contribution is -0.123. The maximum Gasteiger partial charge on any atom is 0.265 e. The van der Waals surface area contributed by atoms with Gasteiger partial charge in [0.1, 0.15) is 5.75 Å². The smallest absolute Gasteiger partial charge is 0.265 e. The van der Waals surface area contributed by atoms with E-state index in [2.05, 4.69) is 19.2 Å². The lowest BCUT2D eigenvalue weighted by Crippen LogP contribution is -2.36. The maximum atomic E-state index is 11.7. The highest BCUT2D eigenvalue weighted by Crippen LogP contribution is 2.39. The number of ether oxygens (including phenoxy) is 1. The van der Waals surface area contributed by atoms with Gasteiger partial charge in [-0.2, -0.15) is 0 Å². The molecule has 1 atom stereocenters. The monoisotopic (exact) mass is 234 g/mol. The molecule has 4 nitrogen and oxygen atoms in total. The molecule has 0 radical (unpaired) electrons. The number of nitrogen functional groups attached to an aromatic ring is 1. The van der Waals surface area contributed by atoms with Crippen LogP contribution in [0, 0.1) is 0 Å². The summed E-state index contributed by atoms with van der Waals surface area (Å²) in [5, 5.41) is 2.85. The van der Waals surface area contributed by atoms with Crippen LogP contribution in [0.1, 0.15) is 38.7 Å². The number of hydrogen-bond donors (Lipinski definition) is 2. The predicted molar refractivity (Wildman–Crippen MR) is 68.3 cm³/mol. The molecule has 0 saturated heterocycles. The molecule has 1 amide bonds. The largest absolute Gasteiger partial charge is 0.478 e. The third-order valence-corrected chi connectivity index (χ3v) is 2.94. The SMILES string of the molecule is CCC1Oc2c(cc(N)cc2C(C)C)NC1=O. The number of rotatable bonds is 2. The zero-order valence-corrected chi connectivity index (χ0v) is 10.4. The number of anilines is 2. The molecule has 4 heteroatoms. The number of nitrogens with one attached hydrogen (secondary N) is 1. The van der Waals surface area contributed by atoms with Crippen LogP contribution in [0.3, 0.4) is 0 Å². The van der Waals surface area contributed by atoms with Crippen molar-refractivity contribution in [2.75, 3.05) is 11.1 Å². The molecule has 2 rings (SSSR count). The molecule has 0 aromatic heterocycles. The zero-order chi connectivity index (χ0) is 12.6. The highest BCUT2D eigenvalue weighted by Gasteiger charge is 2.28. The number of carbonyl (C=O) groups is 1. The number of benzene rings is 1. The van der Waals surface area contributed by atoms with Crippen molar-refractivity contribution in [2.24, 2.45) is 0 Å². The first kappa shape index (κ1) is 11.8. The van der Waals surface area contributed by atoms with Gasteiger partial charge in [-0.1, -0.05) is 20.8 Å². The lowest BCUT2D eigenvalue weighted by atomic mass is 9.99. The summed E-state index contributed by atoms with van der Waals surface area (Å²) in [6.07, 6.45) is 0.260. The van der Waals surface area contributed by atoms with Crippen LogP contribution in [0.15, 0.2) is 12.1 Å². The summed E-state index contributed by atoms with van der Waals surface area (Å²) in [5.41, 5.74) is 8.19. The lowest BCUT2D eigenvalue weighted by Gasteiger charge is -2.28. The van der Waals surface area contributed by atoms with Crippen molar-refractivity contribution in [3.8, 4) is 5.75 Å². The summed E-state index contributed by atoms with van der Waals surface area (Å²) >= 11 is 0. The second kappa shape index (κ2) is 4.28. The van der Waals surface area contributed by atoms with Crippen LogP contribution >= 0.6 is 0 Å². The molecule has 0 fully saturated rings. The van der Waals surface area contributed by atoms with Crippen LogP contribution < -0.4 is 15.8 Å². The molecule has 92 valence electrons. The van der Waals surface area contributed by atoms with Gasteiger partial charge in [0.2, 0.25) is 0 Å². The second-order valence-corrected chi connectivity index (χ2v) is 4.65. The van der Waals surface area contributed by atoms with E-state index in [1.165, 1.54) is 0 Å². The van der Waals surface area contributed by atoms with Crippen LogP contribution in [-0.4, -0.2) is 12.0 Å². The van der Waals surface area contributed by atoms with Gasteiger partial charge in [0.05, 0.1) is 5.69 Å². The Hall–Kier alpha value is -1.71. The summed E-state index contributed by atoms with van der Waals surface area (Å²) in [5.74, 6) is 0.973. The topological polar surface area (TPSA) is 64.3 Å². The van der Waals surface area contributed by atoms with E-state index < -0.39 is 6.10 Å². The summed E-state index contributed by atoms with van der Waals surface area (Å²) in [6.45, 7) is 6.09. The van der Waals surface area contributed by atoms with Gasteiger partial charge in [-0.05, 0) is 24.5 Å². The van der Waals surface area contributed by atoms with Crippen LogP contribution in [0.25, 0.3) is 0 Å². The summed E-state index contributed by atoms with van der Waals surface area (Å²) in [7, 11) is 0. The van der Waals surface area contributed by atoms with Crippen molar-refractivity contribution in [1.82, 2.24) is 0 Å². The molecule has 3 N–H and O–H groups in total. The minimum Gasteiger partial charge on any atom is -0.478 e. The standard InChI is InChI=1S/C13H18N2O2/c1-4-11-13(16)15-10-6-8(14)5-9(7(2)3)12(10)17-11/h5-7,11H,4,14H2,1-3H3,(H,15,16). The van der Waals surface area contributed by atoms with Crippen molar-refractivity contribution in [1.29, 1.82) is 0 Å². The van der Waals surface area contributed by atoms with Gasteiger partial charge in [-0.15, -0.1) is 0 Å². The summed E-state index contributed by atoms with van der Waals surface area (Å²) < 4.78 is 5.77. The Bertz CT molecular complexity index is 455. The molecule has 1 aliphatic heterocycles. The zero-order valence-electron chi connectivity index (χ0n) is 10.4. The van der Waals surface area contributed by atoms with Crippen molar-refractivity contribution in [3.05, 3.63) is 17.7 Å². The number of hydrogen-bond acceptors (Lipinski definition) is 3. The number of carbonyl (C=O) groups excluding carboxylic acids is 1. The molecular weight excluding hydrogens is 216 g/mol. The predicted octanol–water partition coefficient (Wildman–Crippen LogP) is 2.50. The molecule has 1 aromatic carbocycles. The molecule has 1 unspecified atom stereocenters. The van der Waals surface area contributed by atoms with Gasteiger partial charge >= 0.3 is 0 Å². The Morgan fingerprint density at radius 1 is 1.47 bits per heavy atom. The molecule has 1 aliphatic rings. The van der Waals surface area contributed by atoms with E-state index in [1.807, 2.05) is 13.0 Å². The van der Waals surface area contributed by atoms with Gasteiger partial charge in [-0.25, -0.2) is 0 Å². The van der Waals surface area contributed by atoms with Crippen LogP contribution in [0.4, 0.5) is 11.4 Å². The Labute approximate surface area is 101 Å². The first-order chi connectivity index (χ1) is 8.02. The normalized spacial score (nSPS) is 18.6. The Morgan fingerprint density at radius 2 is 2.18 bits per heavy atom. The van der Waals surface area contributed by atoms with E-state index in [0.717, 1.165) is 11.3 Å². The molecule has 0 saturated carbocycles. The average Bonchev–Trinajstić information content (AvgIpc) is 2.26. The number of nitrogens with two attached hydrogens (primary N) is 1. The summed E-state index contributed by atoms with van der Waals surface area (Å²) in [4.78, 5) is 11.7. The van der Waals surface area contributed by atoms with Crippen molar-refractivity contribution in [2.45, 2.75) is 39.2 Å². The third kappa shape index (κ3) is 2.07. The van der Waals surface area contributed by atoms with Crippen molar-refractivity contribution < 1.29 is 9.53 Å². The molecule has 1 aromatic rings. The fourth-order valence-electron chi connectivity index (χ4n) is 2.01. The van der Waals surface area contributed by atoms with Gasteiger partial charge in [0.25, 0.3) is 5.91 Å². The van der Waals surface area contributed by atoms with Gasteiger partial charge in [-0.3, -0.25) is 4.79 Å². The summed E-state index contributed by atoms with van der Waals surface area (Å²) in [6, 6.07) is 3.65. The Kier molecular flexibility index (Phi) is 2.96. The molecule has 0 aliphatic carbocycles. The molecule has 0 spiro atoms. The van der Waals surface area contributed by atoms with Crippen molar-refractivity contribution >= 4 is 17.3 Å². The fraction of sp³-hybridized carbons (Fsp3) is 0.462. The highest BCUT2D eigenvalue weighted by molar-refractivity contribution is 5.98. The van der Waals surface area contributed by atoms with Crippen LogP contribution in [0.2, 0.25) is 0 Å². The van der Waals surface area contributed by atoms with E-state index >= 15 is 0 Å². The van der Waals surface area contributed by atoms with Gasteiger partial charge in [0, 0.05) is 11.3 Å². The minimum atomic E-state index is -0.399. The van der Waals surface area contributed by atoms with E-state index in [1.54, 1.807) is 6.07 Å². The van der Waals surface area contributed by atoms with E-state index in [-0.39, 0.29) is 5.91 Å². The van der Waals surface area contributed by atoms with Gasteiger partial charge in [0.15, 0.2) is 6.10 Å². The highest BCUT2D eigenvalue weighted by atomic mass is 16.5. The third-order valence-electron chi connectivity index (χ3n) is 2.94. The van der Waals surface area contributed by atoms with Gasteiger partial charge < -0.3 is 15.8 Å². The molecule has 1 heterocycles. The Balaban J connectivity index is 2.50. The minimum absolute atomic E-state index is 0.0969. The van der Waals surface area contributed by atoms with E-state index in [4.69, 9.17) is 10.5 Å². The van der Waals surface area contributed by atoms with E-state index in [0.29, 0.717) is 23.7 Å². The number of fused-ring (bicyclic) bond motifs is 1. The fourth-order valence-corrected chi connectivity index (χ4v) is 2.01.